The first-order valence-electron chi connectivity index (χ1n) is 8.00. The van der Waals surface area contributed by atoms with Crippen molar-refractivity contribution in [1.82, 2.24) is 4.57 Å². The van der Waals surface area contributed by atoms with Crippen LogP contribution in [-0.2, 0) is 15.9 Å². The summed E-state index contributed by atoms with van der Waals surface area (Å²) in [6.07, 6.45) is 0. The number of nitrogens with zero attached hydrogens (tertiary/aromatic N) is 3. The number of azo groups is 1. The van der Waals surface area contributed by atoms with E-state index in [9.17, 15) is 14.7 Å². The van der Waals surface area contributed by atoms with Crippen LogP contribution < -0.4 is 16.6 Å². The maximum absolute atomic E-state index is 12.6. The fourth-order valence-electron chi connectivity index (χ4n) is 2.49. The predicted octanol–water partition coefficient (Wildman–Crippen LogP) is 2.87. The summed E-state index contributed by atoms with van der Waals surface area (Å²) in [4.78, 5) is 24.8. The zero-order valence-corrected chi connectivity index (χ0v) is 16.1. The number of nitrogens with two attached hydrogens (primary N) is 1. The third-order valence-corrected chi connectivity index (χ3v) is 4.53. The molecule has 12 heteroatoms. The average Bonchev–Trinajstić information content (AvgIpc) is 2.66. The Morgan fingerprint density at radius 3 is 2.68 bits per heavy atom. The number of primary amides is 1. The van der Waals surface area contributed by atoms with Crippen LogP contribution in [0.15, 0.2) is 38.1 Å². The molecule has 0 atom stereocenters. The minimum absolute atomic E-state index is 0.103. The van der Waals surface area contributed by atoms with Gasteiger partial charge in [-0.3, -0.25) is 14.2 Å². The van der Waals surface area contributed by atoms with Crippen LogP contribution in [0.1, 0.15) is 22.8 Å². The largest absolute Gasteiger partial charge is 0.494 e. The van der Waals surface area contributed by atoms with Crippen molar-refractivity contribution >= 4 is 35.0 Å². The van der Waals surface area contributed by atoms with Crippen LogP contribution in [0.2, 0.25) is 0 Å². The van der Waals surface area contributed by atoms with Gasteiger partial charge in [0.05, 0.1) is 16.9 Å². The fraction of sp³-hybridized carbons (Fsp3) is 0.250. The van der Waals surface area contributed by atoms with Crippen molar-refractivity contribution in [2.75, 3.05) is 12.4 Å². The van der Waals surface area contributed by atoms with E-state index < -0.39 is 17.3 Å². The van der Waals surface area contributed by atoms with Gasteiger partial charge in [0.1, 0.15) is 11.3 Å². The minimum atomic E-state index is -0.893. The molecule has 0 unspecified atom stereocenters. The van der Waals surface area contributed by atoms with Crippen molar-refractivity contribution < 1.29 is 24.5 Å². The number of benzene rings is 1. The molecular formula is C16H19N5O6S. The summed E-state index contributed by atoms with van der Waals surface area (Å²) in [6, 6.07) is 4.98. The molecule has 0 saturated carbocycles. The molecule has 1 amide bonds. The van der Waals surface area contributed by atoms with E-state index in [0.717, 1.165) is 4.57 Å². The van der Waals surface area contributed by atoms with Crippen LogP contribution in [0.3, 0.4) is 0 Å². The summed E-state index contributed by atoms with van der Waals surface area (Å²) in [5, 5.41) is 33.1. The number of hydrogen-bond donors (Lipinski definition) is 4. The molecule has 0 aliphatic heterocycles. The van der Waals surface area contributed by atoms with Gasteiger partial charge in [-0.2, -0.15) is 0 Å². The third-order valence-electron chi connectivity index (χ3n) is 3.88. The zero-order valence-electron chi connectivity index (χ0n) is 15.3. The Kier molecular flexibility index (Phi) is 7.12. The second kappa shape index (κ2) is 9.32. The van der Waals surface area contributed by atoms with Gasteiger partial charge in [-0.05, 0) is 32.0 Å². The molecule has 2 rings (SSSR count). The summed E-state index contributed by atoms with van der Waals surface area (Å²) in [7, 11) is 1.71. The Hall–Kier alpha value is -2.93. The molecule has 0 radical (unpaired) electrons. The van der Waals surface area contributed by atoms with Crippen molar-refractivity contribution in [2.45, 2.75) is 25.3 Å². The van der Waals surface area contributed by atoms with E-state index >= 15 is 0 Å². The summed E-state index contributed by atoms with van der Waals surface area (Å²) >= 11 is 0.677. The van der Waals surface area contributed by atoms with Crippen LogP contribution in [-0.4, -0.2) is 27.9 Å². The number of carbonyl (C=O) groups excluding carboxylic acids is 1. The number of hydrogen-bond acceptors (Lipinski definition) is 10. The van der Waals surface area contributed by atoms with Gasteiger partial charge in [0, 0.05) is 24.8 Å². The Morgan fingerprint density at radius 1 is 1.39 bits per heavy atom. The first kappa shape index (κ1) is 21.4. The SMILES string of the molecule is CCn1c(O)c(C(N)=O)c(C)c(N=Nc2cc(NC)ccc2SOOO)c1=O. The second-order valence-electron chi connectivity index (χ2n) is 5.44. The number of carbonyl (C=O) groups is 1. The van der Waals surface area contributed by atoms with Crippen LogP contribution >= 0.6 is 12.0 Å². The van der Waals surface area contributed by atoms with E-state index in [0.29, 0.717) is 28.3 Å². The molecule has 11 nitrogen and oxygen atoms in total. The van der Waals surface area contributed by atoms with E-state index in [1.54, 1.807) is 32.2 Å². The van der Waals surface area contributed by atoms with Gasteiger partial charge < -0.3 is 16.2 Å². The number of amides is 1. The second-order valence-corrected chi connectivity index (χ2v) is 6.19. The zero-order chi connectivity index (χ0) is 20.8. The molecule has 0 fully saturated rings. The number of rotatable bonds is 8. The van der Waals surface area contributed by atoms with Gasteiger partial charge in [0.15, 0.2) is 5.69 Å². The standard InChI is InChI=1S/C16H19N5O6S/c1-4-21-15(23)12(14(17)22)8(2)13(16(21)24)20-19-10-7-9(18-3)5-6-11(10)28-27-26-25/h5-7,18,23,25H,4H2,1-3H3,(H2,17,22). The van der Waals surface area contributed by atoms with E-state index in [-0.39, 0.29) is 23.4 Å². The molecule has 0 aliphatic carbocycles. The molecule has 2 aromatic rings. The van der Waals surface area contributed by atoms with E-state index in [1.807, 2.05) is 0 Å². The maximum atomic E-state index is 12.6. The van der Waals surface area contributed by atoms with Crippen molar-refractivity contribution in [2.24, 2.45) is 16.0 Å². The number of aromatic hydroxyl groups is 1. The van der Waals surface area contributed by atoms with Crippen LogP contribution in [0.5, 0.6) is 5.88 Å². The molecule has 0 spiro atoms. The van der Waals surface area contributed by atoms with Crippen molar-refractivity contribution in [3.63, 3.8) is 0 Å². The lowest BCUT2D eigenvalue weighted by Crippen LogP contribution is -2.25. The summed E-state index contributed by atoms with van der Waals surface area (Å²) < 4.78 is 5.40. The van der Waals surface area contributed by atoms with E-state index in [2.05, 4.69) is 24.9 Å². The minimum Gasteiger partial charge on any atom is -0.494 e. The fourth-order valence-corrected chi connectivity index (χ4v) is 2.90. The monoisotopic (exact) mass is 409 g/mol. The predicted molar refractivity (Wildman–Crippen MR) is 102 cm³/mol. The van der Waals surface area contributed by atoms with Crippen LogP contribution in [0, 0.1) is 6.92 Å². The molecule has 1 aromatic carbocycles. The topological polar surface area (TPSA) is 161 Å². The van der Waals surface area contributed by atoms with Gasteiger partial charge in [-0.15, -0.1) is 14.6 Å². The lowest BCUT2D eigenvalue weighted by molar-refractivity contribution is -0.432. The summed E-state index contributed by atoms with van der Waals surface area (Å²) in [6.45, 7) is 3.17. The average molecular weight is 409 g/mol. The lowest BCUT2D eigenvalue weighted by atomic mass is 10.1. The molecule has 28 heavy (non-hydrogen) atoms. The molecule has 1 heterocycles. The highest BCUT2D eigenvalue weighted by Gasteiger charge is 2.22. The summed E-state index contributed by atoms with van der Waals surface area (Å²) in [5.41, 5.74) is 5.47. The Morgan fingerprint density at radius 2 is 2.11 bits per heavy atom. The first-order chi connectivity index (χ1) is 13.3. The first-order valence-corrected chi connectivity index (χ1v) is 8.74. The van der Waals surface area contributed by atoms with Gasteiger partial charge in [-0.25, -0.2) is 5.26 Å². The van der Waals surface area contributed by atoms with Crippen LogP contribution in [0.25, 0.3) is 0 Å². The molecule has 150 valence electrons. The van der Waals surface area contributed by atoms with E-state index in [1.165, 1.54) is 6.92 Å². The highest BCUT2D eigenvalue weighted by Crippen LogP contribution is 2.34. The van der Waals surface area contributed by atoms with Crippen LogP contribution in [0.4, 0.5) is 17.1 Å². The quantitative estimate of drug-likeness (QED) is 0.224. The normalized spacial score (nSPS) is 11.1. The third kappa shape index (κ3) is 4.31. The van der Waals surface area contributed by atoms with Crippen molar-refractivity contribution in [3.05, 3.63) is 39.7 Å². The molecule has 0 aliphatic rings. The number of aromatic nitrogens is 1. The Bertz CT molecular complexity index is 975. The number of anilines is 1. The summed E-state index contributed by atoms with van der Waals surface area (Å²) in [5.74, 6) is -1.41. The number of nitrogens with one attached hydrogen (secondary N) is 1. The Balaban J connectivity index is 2.62. The molecule has 0 bridgehead atoms. The van der Waals surface area contributed by atoms with Crippen molar-refractivity contribution in [1.29, 1.82) is 0 Å². The Labute approximate surface area is 163 Å². The van der Waals surface area contributed by atoms with Gasteiger partial charge in [0.2, 0.25) is 5.88 Å². The molecular weight excluding hydrogens is 390 g/mol. The molecule has 5 N–H and O–H groups in total. The lowest BCUT2D eigenvalue weighted by Gasteiger charge is -2.13. The van der Waals surface area contributed by atoms with Crippen molar-refractivity contribution in [3.8, 4) is 5.88 Å². The highest BCUT2D eigenvalue weighted by atomic mass is 32.2. The maximum Gasteiger partial charge on any atom is 0.281 e. The smallest absolute Gasteiger partial charge is 0.281 e. The highest BCUT2D eigenvalue weighted by molar-refractivity contribution is 7.94. The molecule has 1 aromatic heterocycles. The van der Waals surface area contributed by atoms with Gasteiger partial charge in [0.25, 0.3) is 11.5 Å². The van der Waals surface area contributed by atoms with Gasteiger partial charge in [-0.1, -0.05) is 5.04 Å². The number of pyridine rings is 1. The van der Waals surface area contributed by atoms with E-state index in [4.69, 9.17) is 11.0 Å². The molecule has 0 saturated heterocycles. The van der Waals surface area contributed by atoms with Gasteiger partial charge >= 0.3 is 0 Å².